The Hall–Kier alpha value is -1.57. The van der Waals surface area contributed by atoms with Gasteiger partial charge >= 0.3 is 0 Å². The molecule has 0 spiro atoms. The number of hydrogen-bond donors (Lipinski definition) is 1. The second-order valence-corrected chi connectivity index (χ2v) is 4.82. The fourth-order valence-corrected chi connectivity index (χ4v) is 2.47. The normalized spacial score (nSPS) is 19.2. The summed E-state index contributed by atoms with van der Waals surface area (Å²) in [4.78, 5) is 4.71. The highest BCUT2D eigenvalue weighted by molar-refractivity contribution is 5.50. The topological polar surface area (TPSA) is 56.3 Å². The van der Waals surface area contributed by atoms with Crippen LogP contribution >= 0.6 is 0 Å². The van der Waals surface area contributed by atoms with Crippen LogP contribution in [0.4, 0.5) is 5.69 Å². The maximum absolute atomic E-state index is 8.79. The molecule has 0 aliphatic carbocycles. The zero-order chi connectivity index (χ0) is 13.0. The zero-order valence-electron chi connectivity index (χ0n) is 10.8. The number of nitrogens with two attached hydrogens (primary N) is 1. The number of benzene rings is 1. The third kappa shape index (κ3) is 2.81. The van der Waals surface area contributed by atoms with Crippen LogP contribution in [0.2, 0.25) is 0 Å². The van der Waals surface area contributed by atoms with Crippen molar-refractivity contribution in [3.63, 3.8) is 0 Å². The zero-order valence-corrected chi connectivity index (χ0v) is 10.8. The second-order valence-electron chi connectivity index (χ2n) is 4.82. The molecule has 2 rings (SSSR count). The summed E-state index contributed by atoms with van der Waals surface area (Å²) in [6.07, 6.45) is 1.18. The van der Waals surface area contributed by atoms with Crippen LogP contribution in [0.5, 0.6) is 0 Å². The Kier molecular flexibility index (Phi) is 4.19. The molecule has 1 aliphatic heterocycles. The van der Waals surface area contributed by atoms with Gasteiger partial charge in [0, 0.05) is 37.9 Å². The fourth-order valence-electron chi connectivity index (χ4n) is 2.47. The van der Waals surface area contributed by atoms with Crippen molar-refractivity contribution >= 4 is 5.69 Å². The molecule has 0 saturated carbocycles. The van der Waals surface area contributed by atoms with Crippen molar-refractivity contribution in [1.82, 2.24) is 4.90 Å². The van der Waals surface area contributed by atoms with Gasteiger partial charge in [0.05, 0.1) is 11.6 Å². The lowest BCUT2D eigenvalue weighted by molar-refractivity contribution is 0.266. The fraction of sp³-hybridized carbons (Fsp3) is 0.500. The molecular formula is C14H20N4. The molecular weight excluding hydrogens is 224 g/mol. The van der Waals surface area contributed by atoms with Gasteiger partial charge in [-0.15, -0.1) is 0 Å². The minimum Gasteiger partial charge on any atom is -0.370 e. The first-order valence-electron chi connectivity index (χ1n) is 6.40. The lowest BCUT2D eigenvalue weighted by Gasteiger charge is -2.24. The van der Waals surface area contributed by atoms with Crippen LogP contribution in [-0.4, -0.2) is 44.2 Å². The monoisotopic (exact) mass is 244 g/mol. The molecule has 0 amide bonds. The van der Waals surface area contributed by atoms with Crippen LogP contribution in [0.15, 0.2) is 24.3 Å². The minimum atomic E-state index is 0.587. The molecule has 1 aliphatic rings. The lowest BCUT2D eigenvalue weighted by Crippen LogP contribution is -2.37. The van der Waals surface area contributed by atoms with Crippen LogP contribution in [-0.2, 0) is 0 Å². The van der Waals surface area contributed by atoms with E-state index in [1.54, 1.807) is 0 Å². The Morgan fingerprint density at radius 1 is 1.44 bits per heavy atom. The molecule has 96 valence electrons. The first-order valence-corrected chi connectivity index (χ1v) is 6.40. The van der Waals surface area contributed by atoms with Crippen molar-refractivity contribution in [2.75, 3.05) is 38.1 Å². The van der Waals surface area contributed by atoms with Crippen molar-refractivity contribution in [2.24, 2.45) is 5.73 Å². The van der Waals surface area contributed by atoms with Gasteiger partial charge in [0.15, 0.2) is 0 Å². The predicted octanol–water partition coefficient (Wildman–Crippen LogP) is 1.03. The predicted molar refractivity (Wildman–Crippen MR) is 73.5 cm³/mol. The Balaban J connectivity index is 1.97. The number of anilines is 1. The van der Waals surface area contributed by atoms with Crippen LogP contribution in [0.25, 0.3) is 0 Å². The van der Waals surface area contributed by atoms with E-state index in [1.165, 1.54) is 12.1 Å². The van der Waals surface area contributed by atoms with E-state index in [4.69, 9.17) is 11.0 Å². The minimum absolute atomic E-state index is 0.587. The summed E-state index contributed by atoms with van der Waals surface area (Å²) in [5.74, 6) is 0. The molecule has 18 heavy (non-hydrogen) atoms. The average molecular weight is 244 g/mol. The maximum atomic E-state index is 8.79. The average Bonchev–Trinajstić information content (AvgIpc) is 2.89. The van der Waals surface area contributed by atoms with Gasteiger partial charge < -0.3 is 15.5 Å². The molecule has 4 heteroatoms. The lowest BCUT2D eigenvalue weighted by atomic mass is 10.2. The van der Waals surface area contributed by atoms with E-state index < -0.39 is 0 Å². The van der Waals surface area contributed by atoms with Gasteiger partial charge in [-0.3, -0.25) is 0 Å². The van der Waals surface area contributed by atoms with Gasteiger partial charge in [-0.25, -0.2) is 0 Å². The Bertz CT molecular complexity index is 420. The highest BCUT2D eigenvalue weighted by Crippen LogP contribution is 2.22. The Morgan fingerprint density at radius 3 is 2.78 bits per heavy atom. The van der Waals surface area contributed by atoms with Crippen molar-refractivity contribution in [1.29, 1.82) is 5.26 Å². The van der Waals surface area contributed by atoms with Gasteiger partial charge in [0.25, 0.3) is 0 Å². The van der Waals surface area contributed by atoms with E-state index in [9.17, 15) is 0 Å². The summed E-state index contributed by atoms with van der Waals surface area (Å²) in [5, 5.41) is 8.79. The highest BCUT2D eigenvalue weighted by atomic mass is 15.2. The van der Waals surface area contributed by atoms with Crippen LogP contribution in [0.1, 0.15) is 12.0 Å². The van der Waals surface area contributed by atoms with E-state index in [2.05, 4.69) is 22.9 Å². The van der Waals surface area contributed by atoms with E-state index in [1.807, 2.05) is 24.3 Å². The summed E-state index contributed by atoms with van der Waals surface area (Å²) in [7, 11) is 2.14. The standard InChI is InChI=1S/C14H20N4/c1-17(9-7-15)14-6-8-18(11-14)13-4-2-12(10-16)3-5-13/h2-5,14H,6-9,11,15H2,1H3. The number of rotatable bonds is 4. The van der Waals surface area contributed by atoms with E-state index in [-0.39, 0.29) is 0 Å². The Labute approximate surface area is 109 Å². The van der Waals surface area contributed by atoms with E-state index in [0.29, 0.717) is 12.6 Å². The third-order valence-electron chi connectivity index (χ3n) is 3.63. The van der Waals surface area contributed by atoms with Gasteiger partial charge in [-0.05, 0) is 37.7 Å². The quantitative estimate of drug-likeness (QED) is 0.859. The van der Waals surface area contributed by atoms with Crippen molar-refractivity contribution < 1.29 is 0 Å². The number of nitriles is 1. The highest BCUT2D eigenvalue weighted by Gasteiger charge is 2.25. The molecule has 0 bridgehead atoms. The molecule has 1 atom stereocenters. The molecule has 4 nitrogen and oxygen atoms in total. The van der Waals surface area contributed by atoms with Crippen LogP contribution in [0.3, 0.4) is 0 Å². The second kappa shape index (κ2) is 5.85. The van der Waals surface area contributed by atoms with Gasteiger partial charge in [0.1, 0.15) is 0 Å². The molecule has 1 heterocycles. The van der Waals surface area contributed by atoms with Gasteiger partial charge in [-0.2, -0.15) is 5.26 Å². The number of nitrogens with zero attached hydrogens (tertiary/aromatic N) is 3. The van der Waals surface area contributed by atoms with Crippen LogP contribution < -0.4 is 10.6 Å². The van der Waals surface area contributed by atoms with Crippen LogP contribution in [0, 0.1) is 11.3 Å². The first kappa shape index (κ1) is 12.9. The largest absolute Gasteiger partial charge is 0.370 e. The molecule has 0 aromatic heterocycles. The summed E-state index contributed by atoms with van der Waals surface area (Å²) in [6.45, 7) is 3.78. The van der Waals surface area contributed by atoms with Gasteiger partial charge in [0.2, 0.25) is 0 Å². The van der Waals surface area contributed by atoms with E-state index in [0.717, 1.165) is 25.2 Å². The maximum Gasteiger partial charge on any atom is 0.0991 e. The summed E-state index contributed by atoms with van der Waals surface area (Å²) in [5.41, 5.74) is 7.51. The molecule has 0 radical (unpaired) electrons. The molecule has 1 aromatic carbocycles. The first-order chi connectivity index (χ1) is 8.74. The molecule has 1 unspecified atom stereocenters. The molecule has 2 N–H and O–H groups in total. The third-order valence-corrected chi connectivity index (χ3v) is 3.63. The smallest absolute Gasteiger partial charge is 0.0991 e. The van der Waals surface area contributed by atoms with Crippen molar-refractivity contribution in [3.05, 3.63) is 29.8 Å². The number of likely N-dealkylation sites (N-methyl/N-ethyl adjacent to an activating group) is 1. The van der Waals surface area contributed by atoms with Crippen molar-refractivity contribution in [3.8, 4) is 6.07 Å². The summed E-state index contributed by atoms with van der Waals surface area (Å²) >= 11 is 0. The molecule has 1 fully saturated rings. The van der Waals surface area contributed by atoms with Crippen molar-refractivity contribution in [2.45, 2.75) is 12.5 Å². The van der Waals surface area contributed by atoms with E-state index >= 15 is 0 Å². The van der Waals surface area contributed by atoms with Gasteiger partial charge in [-0.1, -0.05) is 0 Å². The Morgan fingerprint density at radius 2 is 2.17 bits per heavy atom. The summed E-state index contributed by atoms with van der Waals surface area (Å²) in [6, 6.07) is 10.6. The number of hydrogen-bond acceptors (Lipinski definition) is 4. The molecule has 1 aromatic rings. The summed E-state index contributed by atoms with van der Waals surface area (Å²) < 4.78 is 0. The SMILES string of the molecule is CN(CCN)C1CCN(c2ccc(C#N)cc2)C1. The molecule has 1 saturated heterocycles.